The zero-order valence-corrected chi connectivity index (χ0v) is 13.2. The molecule has 2 heterocycles. The number of nitrogens with one attached hydrogen (secondary N) is 1. The number of aryl methyl sites for hydroxylation is 1. The maximum absolute atomic E-state index is 4.78. The molecule has 1 aliphatic heterocycles. The van der Waals surface area contributed by atoms with Crippen molar-refractivity contribution >= 4 is 11.8 Å². The lowest BCUT2D eigenvalue weighted by molar-refractivity contribution is 0.311. The van der Waals surface area contributed by atoms with Gasteiger partial charge in [-0.05, 0) is 26.8 Å². The molecule has 1 aliphatic rings. The van der Waals surface area contributed by atoms with E-state index in [2.05, 4.69) is 42.9 Å². The smallest absolute Gasteiger partial charge is 0.227 e. The standard InChI is InChI=1S/C15H27N5/c1-5-7-16-14-13(6-2)12(3)17-15(18-14)20-10-8-19(4)9-11-20/h5-11H2,1-4H3,(H,16,17,18). The van der Waals surface area contributed by atoms with Gasteiger partial charge in [-0.3, -0.25) is 0 Å². The summed E-state index contributed by atoms with van der Waals surface area (Å²) in [5, 5.41) is 3.45. The first-order valence-electron chi connectivity index (χ1n) is 7.70. The van der Waals surface area contributed by atoms with Gasteiger partial charge >= 0.3 is 0 Å². The highest BCUT2D eigenvalue weighted by atomic mass is 15.3. The van der Waals surface area contributed by atoms with Gasteiger partial charge in [-0.15, -0.1) is 0 Å². The normalized spacial score (nSPS) is 16.5. The van der Waals surface area contributed by atoms with Crippen molar-refractivity contribution in [2.75, 3.05) is 50.0 Å². The van der Waals surface area contributed by atoms with E-state index in [9.17, 15) is 0 Å². The molecule has 1 aromatic heterocycles. The Bertz CT molecular complexity index is 438. The molecular weight excluding hydrogens is 250 g/mol. The number of hydrogen-bond acceptors (Lipinski definition) is 5. The van der Waals surface area contributed by atoms with Gasteiger partial charge in [-0.1, -0.05) is 13.8 Å². The third kappa shape index (κ3) is 3.39. The fraction of sp³-hybridized carbons (Fsp3) is 0.733. The number of anilines is 2. The van der Waals surface area contributed by atoms with Crippen LogP contribution in [0.1, 0.15) is 31.5 Å². The zero-order chi connectivity index (χ0) is 14.5. The Kier molecular flexibility index (Phi) is 5.17. The second-order valence-corrected chi connectivity index (χ2v) is 5.51. The van der Waals surface area contributed by atoms with Crippen LogP contribution in [0.5, 0.6) is 0 Å². The minimum Gasteiger partial charge on any atom is -0.370 e. The minimum atomic E-state index is 0.881. The lowest BCUT2D eigenvalue weighted by Crippen LogP contribution is -2.45. The van der Waals surface area contributed by atoms with Crippen molar-refractivity contribution < 1.29 is 0 Å². The maximum atomic E-state index is 4.78. The molecule has 112 valence electrons. The quantitative estimate of drug-likeness (QED) is 0.891. The fourth-order valence-electron chi connectivity index (χ4n) is 2.54. The highest BCUT2D eigenvalue weighted by molar-refractivity contribution is 5.51. The summed E-state index contributed by atoms with van der Waals surface area (Å²) in [6.45, 7) is 11.6. The van der Waals surface area contributed by atoms with E-state index < -0.39 is 0 Å². The molecule has 0 aromatic carbocycles. The van der Waals surface area contributed by atoms with E-state index in [1.165, 1.54) is 5.56 Å². The molecule has 20 heavy (non-hydrogen) atoms. The molecule has 1 aromatic rings. The van der Waals surface area contributed by atoms with Gasteiger partial charge in [0.25, 0.3) is 0 Å². The number of aromatic nitrogens is 2. The molecule has 1 N–H and O–H groups in total. The van der Waals surface area contributed by atoms with Gasteiger partial charge in [0.15, 0.2) is 0 Å². The molecule has 5 heteroatoms. The van der Waals surface area contributed by atoms with Crippen LogP contribution in [-0.4, -0.2) is 54.6 Å². The molecule has 2 rings (SSSR count). The van der Waals surface area contributed by atoms with Crippen LogP contribution in [0, 0.1) is 6.92 Å². The SMILES string of the molecule is CCCNc1nc(N2CCN(C)CC2)nc(C)c1CC. The molecule has 0 radical (unpaired) electrons. The summed E-state index contributed by atoms with van der Waals surface area (Å²) < 4.78 is 0. The van der Waals surface area contributed by atoms with Crippen LogP contribution in [0.4, 0.5) is 11.8 Å². The molecule has 0 atom stereocenters. The first kappa shape index (κ1) is 15.0. The Hall–Kier alpha value is -1.36. The molecular formula is C15H27N5. The van der Waals surface area contributed by atoms with Gasteiger partial charge in [0.2, 0.25) is 5.95 Å². The van der Waals surface area contributed by atoms with E-state index in [1.54, 1.807) is 0 Å². The first-order chi connectivity index (χ1) is 9.65. The molecule has 0 amide bonds. The van der Waals surface area contributed by atoms with Crippen LogP contribution in [0.3, 0.4) is 0 Å². The zero-order valence-electron chi connectivity index (χ0n) is 13.2. The topological polar surface area (TPSA) is 44.3 Å². The molecule has 5 nitrogen and oxygen atoms in total. The van der Waals surface area contributed by atoms with Crippen LogP contribution in [0.15, 0.2) is 0 Å². The average molecular weight is 277 g/mol. The van der Waals surface area contributed by atoms with Crippen molar-refractivity contribution in [2.24, 2.45) is 0 Å². The summed E-state index contributed by atoms with van der Waals surface area (Å²) in [6.07, 6.45) is 2.08. The van der Waals surface area contributed by atoms with E-state index in [0.29, 0.717) is 0 Å². The maximum Gasteiger partial charge on any atom is 0.227 e. The number of piperazine rings is 1. The lowest BCUT2D eigenvalue weighted by Gasteiger charge is -2.33. The number of nitrogens with zero attached hydrogens (tertiary/aromatic N) is 4. The predicted octanol–water partition coefficient (Wildman–Crippen LogP) is 1.92. The second kappa shape index (κ2) is 6.88. The molecule has 1 saturated heterocycles. The molecule has 0 bridgehead atoms. The Morgan fingerprint density at radius 1 is 1.10 bits per heavy atom. The van der Waals surface area contributed by atoms with Crippen molar-refractivity contribution in [3.63, 3.8) is 0 Å². The van der Waals surface area contributed by atoms with Crippen molar-refractivity contribution in [3.05, 3.63) is 11.3 Å². The Labute approximate surface area is 122 Å². The van der Waals surface area contributed by atoms with Gasteiger partial charge in [0.05, 0.1) is 0 Å². The van der Waals surface area contributed by atoms with Crippen molar-refractivity contribution in [2.45, 2.75) is 33.6 Å². The highest BCUT2D eigenvalue weighted by Gasteiger charge is 2.19. The van der Waals surface area contributed by atoms with Gasteiger partial charge in [-0.2, -0.15) is 4.98 Å². The van der Waals surface area contributed by atoms with Crippen molar-refractivity contribution in [1.29, 1.82) is 0 Å². The van der Waals surface area contributed by atoms with Crippen LogP contribution >= 0.6 is 0 Å². The van der Waals surface area contributed by atoms with E-state index in [4.69, 9.17) is 9.97 Å². The monoisotopic (exact) mass is 277 g/mol. The first-order valence-corrected chi connectivity index (χ1v) is 7.70. The Morgan fingerprint density at radius 2 is 1.80 bits per heavy atom. The third-order valence-electron chi connectivity index (χ3n) is 3.88. The largest absolute Gasteiger partial charge is 0.370 e. The van der Waals surface area contributed by atoms with Crippen LogP contribution in [-0.2, 0) is 6.42 Å². The van der Waals surface area contributed by atoms with E-state index >= 15 is 0 Å². The number of likely N-dealkylation sites (N-methyl/N-ethyl adjacent to an activating group) is 1. The summed E-state index contributed by atoms with van der Waals surface area (Å²) in [7, 11) is 2.16. The van der Waals surface area contributed by atoms with E-state index in [1.807, 2.05) is 0 Å². The predicted molar refractivity (Wildman–Crippen MR) is 84.6 cm³/mol. The molecule has 0 aliphatic carbocycles. The Morgan fingerprint density at radius 3 is 2.40 bits per heavy atom. The molecule has 1 fully saturated rings. The van der Waals surface area contributed by atoms with Gasteiger partial charge in [0, 0.05) is 44.0 Å². The summed E-state index contributed by atoms with van der Waals surface area (Å²) in [5.41, 5.74) is 2.35. The van der Waals surface area contributed by atoms with Crippen LogP contribution in [0.25, 0.3) is 0 Å². The summed E-state index contributed by atoms with van der Waals surface area (Å²) in [5.74, 6) is 1.90. The van der Waals surface area contributed by atoms with Crippen molar-refractivity contribution in [3.8, 4) is 0 Å². The summed E-state index contributed by atoms with van der Waals surface area (Å²) >= 11 is 0. The van der Waals surface area contributed by atoms with Crippen LogP contribution < -0.4 is 10.2 Å². The second-order valence-electron chi connectivity index (χ2n) is 5.51. The molecule has 0 saturated carbocycles. The fourth-order valence-corrected chi connectivity index (χ4v) is 2.54. The lowest BCUT2D eigenvalue weighted by atomic mass is 10.1. The van der Waals surface area contributed by atoms with E-state index in [-0.39, 0.29) is 0 Å². The number of hydrogen-bond donors (Lipinski definition) is 1. The minimum absolute atomic E-state index is 0.881. The molecule has 0 spiro atoms. The number of rotatable bonds is 5. The Balaban J connectivity index is 2.23. The van der Waals surface area contributed by atoms with Crippen molar-refractivity contribution in [1.82, 2.24) is 14.9 Å². The van der Waals surface area contributed by atoms with Gasteiger partial charge in [-0.25, -0.2) is 4.98 Å². The average Bonchev–Trinajstić information content (AvgIpc) is 2.45. The van der Waals surface area contributed by atoms with E-state index in [0.717, 1.165) is 63.0 Å². The molecule has 0 unspecified atom stereocenters. The van der Waals surface area contributed by atoms with Crippen LogP contribution in [0.2, 0.25) is 0 Å². The summed E-state index contributed by atoms with van der Waals surface area (Å²) in [4.78, 5) is 14.1. The highest BCUT2D eigenvalue weighted by Crippen LogP contribution is 2.21. The summed E-state index contributed by atoms with van der Waals surface area (Å²) in [6, 6.07) is 0. The third-order valence-corrected chi connectivity index (χ3v) is 3.88. The van der Waals surface area contributed by atoms with Gasteiger partial charge < -0.3 is 15.1 Å². The van der Waals surface area contributed by atoms with Gasteiger partial charge in [0.1, 0.15) is 5.82 Å².